The predicted molar refractivity (Wildman–Crippen MR) is 79.6 cm³/mol. The summed E-state index contributed by atoms with van der Waals surface area (Å²) in [6.45, 7) is 2.03. The van der Waals surface area contributed by atoms with Gasteiger partial charge in [-0.15, -0.1) is 0 Å². The van der Waals surface area contributed by atoms with Crippen LogP contribution in [0.1, 0.15) is 5.56 Å². The van der Waals surface area contributed by atoms with E-state index in [9.17, 15) is 0 Å². The second-order valence-electron chi connectivity index (χ2n) is 4.04. The second-order valence-corrected chi connectivity index (χ2v) is 4.96. The number of nitrogens with two attached hydrogens (primary N) is 1. The normalized spacial score (nSPS) is 10.2. The summed E-state index contributed by atoms with van der Waals surface area (Å²) in [6, 6.07) is 11.6. The third kappa shape index (κ3) is 2.76. The minimum absolute atomic E-state index is 0.733. The number of nitrogens with one attached hydrogen (secondary N) is 1. The largest absolute Gasteiger partial charge is 0.495 e. The molecule has 3 nitrogen and oxygen atoms in total. The zero-order valence-electron chi connectivity index (χ0n) is 10.3. The first-order valence-electron chi connectivity index (χ1n) is 5.57. The van der Waals surface area contributed by atoms with E-state index in [4.69, 9.17) is 10.5 Å². The van der Waals surface area contributed by atoms with Crippen LogP contribution < -0.4 is 15.8 Å². The highest BCUT2D eigenvalue weighted by Crippen LogP contribution is 2.32. The molecule has 0 bridgehead atoms. The Labute approximate surface area is 115 Å². The Kier molecular flexibility index (Phi) is 3.77. The van der Waals surface area contributed by atoms with E-state index in [1.54, 1.807) is 7.11 Å². The first-order chi connectivity index (χ1) is 8.60. The lowest BCUT2D eigenvalue weighted by Gasteiger charge is -2.14. The molecule has 2 aromatic carbocycles. The van der Waals surface area contributed by atoms with E-state index in [1.807, 2.05) is 43.3 Å². The molecule has 0 radical (unpaired) electrons. The van der Waals surface area contributed by atoms with Crippen molar-refractivity contribution in [1.82, 2.24) is 0 Å². The molecule has 0 atom stereocenters. The van der Waals surface area contributed by atoms with Gasteiger partial charge in [-0.1, -0.05) is 22.0 Å². The zero-order valence-corrected chi connectivity index (χ0v) is 11.9. The molecule has 0 fully saturated rings. The number of hydrogen-bond donors (Lipinski definition) is 2. The highest BCUT2D eigenvalue weighted by molar-refractivity contribution is 9.10. The zero-order chi connectivity index (χ0) is 13.1. The molecule has 0 aliphatic rings. The molecule has 0 aliphatic carbocycles. The lowest BCUT2D eigenvalue weighted by atomic mass is 10.1. The third-order valence-electron chi connectivity index (χ3n) is 2.69. The minimum Gasteiger partial charge on any atom is -0.495 e. The third-order valence-corrected chi connectivity index (χ3v) is 3.19. The topological polar surface area (TPSA) is 47.3 Å². The Morgan fingerprint density at radius 2 is 1.89 bits per heavy atom. The fourth-order valence-electron chi connectivity index (χ4n) is 1.70. The molecular weight excluding hydrogens is 292 g/mol. The standard InChI is InChI=1S/C14H15BrN2O/c1-9-3-5-11(16)8-12(9)17-13-7-10(15)4-6-14(13)18-2/h3-8,17H,16H2,1-2H3. The van der Waals surface area contributed by atoms with E-state index in [1.165, 1.54) is 0 Å². The van der Waals surface area contributed by atoms with Gasteiger partial charge in [0.25, 0.3) is 0 Å². The molecule has 0 aliphatic heterocycles. The summed E-state index contributed by atoms with van der Waals surface area (Å²) < 4.78 is 6.32. The van der Waals surface area contributed by atoms with Gasteiger partial charge in [-0.3, -0.25) is 0 Å². The van der Waals surface area contributed by atoms with Gasteiger partial charge >= 0.3 is 0 Å². The first kappa shape index (κ1) is 12.8. The molecule has 0 spiro atoms. The Hall–Kier alpha value is -1.68. The van der Waals surface area contributed by atoms with Gasteiger partial charge in [-0.2, -0.15) is 0 Å². The lowest BCUT2D eigenvalue weighted by molar-refractivity contribution is 0.417. The van der Waals surface area contributed by atoms with Crippen LogP contribution in [0.2, 0.25) is 0 Å². The van der Waals surface area contributed by atoms with Gasteiger partial charge < -0.3 is 15.8 Å². The summed E-state index contributed by atoms with van der Waals surface area (Å²) in [7, 11) is 1.65. The molecule has 2 rings (SSSR count). The van der Waals surface area contributed by atoms with Crippen LogP contribution in [-0.2, 0) is 0 Å². The summed E-state index contributed by atoms with van der Waals surface area (Å²) in [6.07, 6.45) is 0. The second kappa shape index (κ2) is 5.31. The summed E-state index contributed by atoms with van der Waals surface area (Å²) in [5.74, 6) is 0.792. The Morgan fingerprint density at radius 1 is 1.11 bits per heavy atom. The summed E-state index contributed by atoms with van der Waals surface area (Å²) in [5, 5.41) is 3.34. The van der Waals surface area contributed by atoms with Gasteiger partial charge in [-0.25, -0.2) is 0 Å². The maximum absolute atomic E-state index is 5.80. The fraction of sp³-hybridized carbons (Fsp3) is 0.143. The molecule has 0 unspecified atom stereocenters. The first-order valence-corrected chi connectivity index (χ1v) is 6.36. The maximum Gasteiger partial charge on any atom is 0.142 e. The number of benzene rings is 2. The van der Waals surface area contributed by atoms with E-state index >= 15 is 0 Å². The van der Waals surface area contributed by atoms with E-state index in [-0.39, 0.29) is 0 Å². The smallest absolute Gasteiger partial charge is 0.142 e. The van der Waals surface area contributed by atoms with Crippen LogP contribution >= 0.6 is 15.9 Å². The van der Waals surface area contributed by atoms with Crippen molar-refractivity contribution in [1.29, 1.82) is 0 Å². The highest BCUT2D eigenvalue weighted by atomic mass is 79.9. The van der Waals surface area contributed by atoms with Crippen LogP contribution in [0.15, 0.2) is 40.9 Å². The molecule has 0 heterocycles. The fourth-order valence-corrected chi connectivity index (χ4v) is 2.06. The molecule has 0 saturated carbocycles. The van der Waals surface area contributed by atoms with Crippen molar-refractivity contribution in [2.45, 2.75) is 6.92 Å². The Balaban J connectivity index is 2.38. The molecule has 3 N–H and O–H groups in total. The molecule has 18 heavy (non-hydrogen) atoms. The van der Waals surface area contributed by atoms with Crippen molar-refractivity contribution in [3.05, 3.63) is 46.4 Å². The summed E-state index contributed by atoms with van der Waals surface area (Å²) in [4.78, 5) is 0. The van der Waals surface area contributed by atoms with Crippen LogP contribution in [-0.4, -0.2) is 7.11 Å². The minimum atomic E-state index is 0.733. The SMILES string of the molecule is COc1ccc(Br)cc1Nc1cc(N)ccc1C. The number of halogens is 1. The lowest BCUT2D eigenvalue weighted by Crippen LogP contribution is -1.97. The Bertz CT molecular complexity index is 570. The summed E-state index contributed by atoms with van der Waals surface area (Å²) in [5.41, 5.74) is 9.55. The van der Waals surface area contributed by atoms with E-state index < -0.39 is 0 Å². The predicted octanol–water partition coefficient (Wildman–Crippen LogP) is 4.09. The molecule has 0 aromatic heterocycles. The molecule has 0 saturated heterocycles. The van der Waals surface area contributed by atoms with Crippen molar-refractivity contribution >= 4 is 33.0 Å². The van der Waals surface area contributed by atoms with Crippen molar-refractivity contribution in [3.8, 4) is 5.75 Å². The molecular formula is C14H15BrN2O. The van der Waals surface area contributed by atoms with Crippen molar-refractivity contribution < 1.29 is 4.74 Å². The van der Waals surface area contributed by atoms with Gasteiger partial charge in [0.05, 0.1) is 12.8 Å². The quantitative estimate of drug-likeness (QED) is 0.840. The van der Waals surface area contributed by atoms with Crippen molar-refractivity contribution in [2.24, 2.45) is 0 Å². The van der Waals surface area contributed by atoms with E-state index in [0.717, 1.165) is 32.8 Å². The molecule has 94 valence electrons. The van der Waals surface area contributed by atoms with Crippen LogP contribution in [0.5, 0.6) is 5.75 Å². The van der Waals surface area contributed by atoms with Gasteiger partial charge in [0.1, 0.15) is 5.75 Å². The number of nitrogen functional groups attached to an aromatic ring is 1. The average Bonchev–Trinajstić information content (AvgIpc) is 2.34. The molecule has 0 amide bonds. The summed E-state index contributed by atoms with van der Waals surface area (Å²) >= 11 is 3.45. The van der Waals surface area contributed by atoms with Crippen LogP contribution in [0.3, 0.4) is 0 Å². The van der Waals surface area contributed by atoms with E-state index in [0.29, 0.717) is 0 Å². The maximum atomic E-state index is 5.80. The van der Waals surface area contributed by atoms with Crippen molar-refractivity contribution in [3.63, 3.8) is 0 Å². The molecule has 2 aromatic rings. The number of methoxy groups -OCH3 is 1. The monoisotopic (exact) mass is 306 g/mol. The Morgan fingerprint density at radius 3 is 2.61 bits per heavy atom. The van der Waals surface area contributed by atoms with Crippen LogP contribution in [0.4, 0.5) is 17.1 Å². The number of anilines is 3. The van der Waals surface area contributed by atoms with E-state index in [2.05, 4.69) is 21.2 Å². The van der Waals surface area contributed by atoms with Crippen molar-refractivity contribution in [2.75, 3.05) is 18.2 Å². The number of aryl methyl sites for hydroxylation is 1. The van der Waals surface area contributed by atoms with Gasteiger partial charge in [0.15, 0.2) is 0 Å². The van der Waals surface area contributed by atoms with Gasteiger partial charge in [-0.05, 0) is 42.8 Å². The molecule has 4 heteroatoms. The number of ether oxygens (including phenoxy) is 1. The number of hydrogen-bond acceptors (Lipinski definition) is 3. The van der Waals surface area contributed by atoms with Gasteiger partial charge in [0.2, 0.25) is 0 Å². The average molecular weight is 307 g/mol. The highest BCUT2D eigenvalue weighted by Gasteiger charge is 2.06. The van der Waals surface area contributed by atoms with Crippen LogP contribution in [0.25, 0.3) is 0 Å². The van der Waals surface area contributed by atoms with Crippen LogP contribution in [0, 0.1) is 6.92 Å². The van der Waals surface area contributed by atoms with Gasteiger partial charge in [0, 0.05) is 15.8 Å². The number of rotatable bonds is 3.